The molecule has 44 heavy (non-hydrogen) atoms. The number of aromatic nitrogens is 2. The van der Waals surface area contributed by atoms with Crippen LogP contribution in [0.5, 0.6) is 11.6 Å². The molecule has 1 aliphatic heterocycles. The zero-order valence-corrected chi connectivity index (χ0v) is 25.0. The van der Waals surface area contributed by atoms with Gasteiger partial charge < -0.3 is 43.7 Å². The van der Waals surface area contributed by atoms with Gasteiger partial charge in [0.25, 0.3) is 0 Å². The van der Waals surface area contributed by atoms with E-state index in [9.17, 15) is 24.9 Å². The van der Waals surface area contributed by atoms with Crippen molar-refractivity contribution < 1.29 is 53.3 Å². The van der Waals surface area contributed by atoms with E-state index in [0.717, 1.165) is 15.8 Å². The number of aliphatic hydroxyl groups is 3. The number of aliphatic hydroxyl groups excluding tert-OH is 3. The molecule has 0 radical (unpaired) electrons. The highest BCUT2D eigenvalue weighted by atomic mass is 16.7. The van der Waals surface area contributed by atoms with E-state index in [1.807, 2.05) is 68.4 Å². The third-order valence-electron chi connectivity index (χ3n) is 6.78. The van der Waals surface area contributed by atoms with Crippen molar-refractivity contribution in [2.24, 2.45) is 0 Å². The molecule has 13 nitrogen and oxygen atoms in total. The van der Waals surface area contributed by atoms with Crippen molar-refractivity contribution in [2.75, 3.05) is 13.2 Å². The first-order chi connectivity index (χ1) is 21.1. The third-order valence-corrected chi connectivity index (χ3v) is 6.78. The van der Waals surface area contributed by atoms with Crippen molar-refractivity contribution in [1.82, 2.24) is 9.78 Å². The Bertz CT molecular complexity index is 1380. The number of hydrogen-bond acceptors (Lipinski definition) is 12. The summed E-state index contributed by atoms with van der Waals surface area (Å²) in [6, 6.07) is 16.5. The normalized spacial score (nSPS) is 21.5. The van der Waals surface area contributed by atoms with Crippen molar-refractivity contribution in [3.05, 3.63) is 77.0 Å². The Morgan fingerprint density at radius 3 is 2.30 bits per heavy atom. The predicted molar refractivity (Wildman–Crippen MR) is 154 cm³/mol. The second-order valence-electron chi connectivity index (χ2n) is 10.4. The van der Waals surface area contributed by atoms with Gasteiger partial charge in [0.05, 0.1) is 18.4 Å². The molecule has 0 unspecified atom stereocenters. The van der Waals surface area contributed by atoms with E-state index in [4.69, 9.17) is 28.4 Å². The largest absolute Gasteiger partial charge is 0.508 e. The van der Waals surface area contributed by atoms with Crippen LogP contribution in [0.25, 0.3) is 0 Å². The maximum Gasteiger partial charge on any atom is 0.508 e. The van der Waals surface area contributed by atoms with E-state index in [1.165, 1.54) is 0 Å². The van der Waals surface area contributed by atoms with Crippen molar-refractivity contribution >= 4 is 12.2 Å². The summed E-state index contributed by atoms with van der Waals surface area (Å²) in [4.78, 5) is 24.8. The van der Waals surface area contributed by atoms with Crippen LogP contribution in [0.15, 0.2) is 54.6 Å². The lowest BCUT2D eigenvalue weighted by atomic mass is 9.99. The molecule has 4 rings (SSSR count). The Hall–Kier alpha value is -4.17. The van der Waals surface area contributed by atoms with Crippen LogP contribution in [0.4, 0.5) is 9.59 Å². The molecule has 0 saturated carbocycles. The molecule has 0 spiro atoms. The third kappa shape index (κ3) is 8.26. The number of hydrogen-bond donors (Lipinski definition) is 3. The minimum absolute atomic E-state index is 0.00512. The van der Waals surface area contributed by atoms with Crippen LogP contribution in [-0.4, -0.2) is 87.4 Å². The van der Waals surface area contributed by atoms with Crippen molar-refractivity contribution in [2.45, 2.75) is 77.5 Å². The van der Waals surface area contributed by atoms with Gasteiger partial charge in [0, 0.05) is 12.0 Å². The van der Waals surface area contributed by atoms with Gasteiger partial charge in [-0.2, -0.15) is 4.68 Å². The summed E-state index contributed by atoms with van der Waals surface area (Å²) >= 11 is 0. The van der Waals surface area contributed by atoms with Gasteiger partial charge in [-0.3, -0.25) is 0 Å². The SMILES string of the molecule is CCOC(=O)OC[C@H]1O[C@@H](Oc2nn(C(=O)OCc3ccccc3)c(C)c2Cc2ccc(OC(C)C)cc2)[C@H](O)[C@@H](O)[C@@H]1O. The van der Waals surface area contributed by atoms with Crippen LogP contribution in [-0.2, 0) is 32.0 Å². The van der Waals surface area contributed by atoms with Crippen molar-refractivity contribution in [1.29, 1.82) is 0 Å². The van der Waals surface area contributed by atoms with Gasteiger partial charge in [-0.15, -0.1) is 5.10 Å². The first-order valence-corrected chi connectivity index (χ1v) is 14.3. The number of carbonyl (C=O) groups is 2. The van der Waals surface area contributed by atoms with Gasteiger partial charge in [-0.05, 0) is 51.0 Å². The molecule has 238 valence electrons. The summed E-state index contributed by atoms with van der Waals surface area (Å²) in [5.74, 6) is 0.624. The first kappa shape index (κ1) is 32.7. The highest BCUT2D eigenvalue weighted by Crippen LogP contribution is 2.30. The lowest BCUT2D eigenvalue weighted by Gasteiger charge is -2.39. The number of carbonyl (C=O) groups excluding carboxylic acids is 2. The van der Waals surface area contributed by atoms with E-state index in [2.05, 4.69) is 5.10 Å². The molecule has 1 saturated heterocycles. The quantitative estimate of drug-likeness (QED) is 0.270. The number of nitrogens with zero attached hydrogens (tertiary/aromatic N) is 2. The summed E-state index contributed by atoms with van der Waals surface area (Å²) in [5, 5.41) is 36.0. The summed E-state index contributed by atoms with van der Waals surface area (Å²) in [5.41, 5.74) is 2.52. The van der Waals surface area contributed by atoms with Gasteiger partial charge in [0.15, 0.2) is 0 Å². The lowest BCUT2D eigenvalue weighted by Crippen LogP contribution is -2.60. The highest BCUT2D eigenvalue weighted by molar-refractivity contribution is 5.71. The molecule has 5 atom stereocenters. The number of ether oxygens (including phenoxy) is 6. The fourth-order valence-corrected chi connectivity index (χ4v) is 4.50. The zero-order valence-electron chi connectivity index (χ0n) is 25.0. The van der Waals surface area contributed by atoms with E-state index in [0.29, 0.717) is 17.0 Å². The molecule has 2 aromatic carbocycles. The Kier molecular flexibility index (Phi) is 11.2. The molecular weight excluding hydrogens is 576 g/mol. The molecule has 0 amide bonds. The summed E-state index contributed by atoms with van der Waals surface area (Å²) in [6.45, 7) is 6.73. The van der Waals surface area contributed by atoms with Crippen molar-refractivity contribution in [3.63, 3.8) is 0 Å². The minimum atomic E-state index is -1.71. The van der Waals surface area contributed by atoms with Crippen LogP contribution in [0.2, 0.25) is 0 Å². The van der Waals surface area contributed by atoms with Gasteiger partial charge in [-0.1, -0.05) is 42.5 Å². The van der Waals surface area contributed by atoms with E-state index >= 15 is 0 Å². The summed E-state index contributed by atoms with van der Waals surface area (Å²) < 4.78 is 33.5. The second-order valence-corrected chi connectivity index (χ2v) is 10.4. The maximum atomic E-state index is 13.1. The number of benzene rings is 2. The van der Waals surface area contributed by atoms with Gasteiger partial charge >= 0.3 is 12.2 Å². The molecule has 3 aromatic rings. The molecular formula is C31H38N2O11. The topological polar surface area (TPSA) is 168 Å². The van der Waals surface area contributed by atoms with Gasteiger partial charge in [-0.25, -0.2) is 9.59 Å². The minimum Gasteiger partial charge on any atom is -0.491 e. The Balaban J connectivity index is 1.59. The van der Waals surface area contributed by atoms with Gasteiger partial charge in [0.2, 0.25) is 12.2 Å². The highest BCUT2D eigenvalue weighted by Gasteiger charge is 2.46. The van der Waals surface area contributed by atoms with Crippen LogP contribution in [0.1, 0.15) is 43.2 Å². The average molecular weight is 615 g/mol. The average Bonchev–Trinajstić information content (AvgIpc) is 3.31. The molecule has 0 bridgehead atoms. The Morgan fingerprint density at radius 2 is 1.64 bits per heavy atom. The van der Waals surface area contributed by atoms with E-state index in [-0.39, 0.29) is 31.6 Å². The van der Waals surface area contributed by atoms with Crippen LogP contribution >= 0.6 is 0 Å². The fraction of sp³-hybridized carbons (Fsp3) is 0.452. The van der Waals surface area contributed by atoms with Gasteiger partial charge in [0.1, 0.15) is 43.4 Å². The second kappa shape index (κ2) is 15.0. The maximum absolute atomic E-state index is 13.1. The van der Waals surface area contributed by atoms with Crippen LogP contribution < -0.4 is 9.47 Å². The predicted octanol–water partition coefficient (Wildman–Crippen LogP) is 3.11. The Labute approximate surface area is 254 Å². The molecule has 0 aliphatic carbocycles. The summed E-state index contributed by atoms with van der Waals surface area (Å²) in [7, 11) is 0. The first-order valence-electron chi connectivity index (χ1n) is 14.3. The van der Waals surface area contributed by atoms with Crippen molar-refractivity contribution in [3.8, 4) is 11.6 Å². The standard InChI is InChI=1S/C31H38N2O11/c1-5-39-31(38)41-17-24-25(34)26(35)27(36)29(43-24)44-28-23(15-20-11-13-22(14-12-20)42-18(2)3)19(4)33(32-28)30(37)40-16-21-9-7-6-8-10-21/h6-14,18,24-27,29,34-36H,5,15-17H2,1-4H3/t24-,25-,26+,27-,29+/m1/s1. The van der Waals surface area contributed by atoms with Crippen LogP contribution in [0, 0.1) is 6.92 Å². The Morgan fingerprint density at radius 1 is 0.932 bits per heavy atom. The van der Waals surface area contributed by atoms with E-state index < -0.39 is 49.6 Å². The molecule has 3 N–H and O–H groups in total. The molecule has 1 fully saturated rings. The molecule has 2 heterocycles. The lowest BCUT2D eigenvalue weighted by molar-refractivity contribution is -0.278. The molecule has 1 aromatic heterocycles. The molecule has 13 heteroatoms. The van der Waals surface area contributed by atoms with E-state index in [1.54, 1.807) is 13.8 Å². The summed E-state index contributed by atoms with van der Waals surface area (Å²) in [6.07, 6.45) is -9.31. The molecule has 1 aliphatic rings. The smallest absolute Gasteiger partial charge is 0.491 e. The van der Waals surface area contributed by atoms with Crippen LogP contribution in [0.3, 0.4) is 0 Å². The monoisotopic (exact) mass is 614 g/mol. The number of rotatable bonds is 11. The fourth-order valence-electron chi connectivity index (χ4n) is 4.50. The zero-order chi connectivity index (χ0) is 31.8.